The van der Waals surface area contributed by atoms with Gasteiger partial charge in [-0.05, 0) is 104 Å². The van der Waals surface area contributed by atoms with Gasteiger partial charge in [0.1, 0.15) is 40.6 Å². The highest BCUT2D eigenvalue weighted by atomic mass is 35.5. The maximum absolute atomic E-state index is 14.0. The third-order valence-corrected chi connectivity index (χ3v) is 13.1. The van der Waals surface area contributed by atoms with Gasteiger partial charge >= 0.3 is 5.97 Å². The van der Waals surface area contributed by atoms with Crippen LogP contribution in [0.5, 0.6) is 17.2 Å². The highest BCUT2D eigenvalue weighted by molar-refractivity contribution is 7.22. The van der Waals surface area contributed by atoms with Gasteiger partial charge in [0.25, 0.3) is 5.56 Å². The van der Waals surface area contributed by atoms with Gasteiger partial charge in [-0.15, -0.1) is 11.3 Å². The molecule has 64 heavy (non-hydrogen) atoms. The van der Waals surface area contributed by atoms with E-state index in [1.807, 2.05) is 61.5 Å². The van der Waals surface area contributed by atoms with Gasteiger partial charge in [0.2, 0.25) is 0 Å². The van der Waals surface area contributed by atoms with Crippen LogP contribution in [0, 0.1) is 12.7 Å². The highest BCUT2D eigenvalue weighted by Gasteiger charge is 2.25. The molecule has 15 heteroatoms. The number of carboxylic acids is 1. The minimum Gasteiger partial charge on any atom is -0.496 e. The molecule has 0 radical (unpaired) electrons. The lowest BCUT2D eigenvalue weighted by atomic mass is 9.96. The molecule has 4 aromatic carbocycles. The number of aromatic amines is 1. The first-order valence-electron chi connectivity index (χ1n) is 21.1. The van der Waals surface area contributed by atoms with E-state index in [9.17, 15) is 19.1 Å². The number of nitrogens with one attached hydrogen (secondary N) is 1. The largest absolute Gasteiger partial charge is 0.496 e. The summed E-state index contributed by atoms with van der Waals surface area (Å²) in [5, 5.41) is 10.5. The standard InChI is InChI=1S/C49H48ClFN6O6S/c1-30-37(43-44-48(60)53-29-54-49(44)64-46(43)32-10-13-34(51)14-11-32)16-18-41(45(30)50)63-36(27-57-24-22-56(2)23-25-57)15-8-31-9-17-39(33(26-31)12-19-42(58)59)62-28-35-20-21-52-47(55-35)38-6-4-5-7-40(38)61-3/h4-7,9-11,13-14,16-18,20-21,26,29,36H,8,12,15,19,22-25,27-28H2,1-3H3,(H,58,59)(H,53,54,60)/t36-/m0/s1. The number of halogens is 2. The van der Waals surface area contributed by atoms with Crippen LogP contribution in [0.1, 0.15) is 35.2 Å². The molecule has 7 aromatic rings. The van der Waals surface area contributed by atoms with Gasteiger partial charge in [-0.2, -0.15) is 0 Å². The lowest BCUT2D eigenvalue weighted by Crippen LogP contribution is -2.48. The Morgan fingerprint density at radius 1 is 0.953 bits per heavy atom. The van der Waals surface area contributed by atoms with E-state index in [-0.39, 0.29) is 30.5 Å². The van der Waals surface area contributed by atoms with Crippen molar-refractivity contribution in [1.29, 1.82) is 0 Å². The fraction of sp³-hybridized carbons (Fsp3) is 0.286. The van der Waals surface area contributed by atoms with E-state index in [4.69, 9.17) is 30.8 Å². The smallest absolute Gasteiger partial charge is 0.303 e. The van der Waals surface area contributed by atoms with E-state index < -0.39 is 5.97 Å². The third kappa shape index (κ3) is 10.3. The number of ether oxygens (including phenoxy) is 3. The van der Waals surface area contributed by atoms with Crippen LogP contribution in [0.15, 0.2) is 102 Å². The number of aryl methyl sites for hydroxylation is 2. The van der Waals surface area contributed by atoms with Crippen LogP contribution in [0.3, 0.4) is 0 Å². The van der Waals surface area contributed by atoms with E-state index in [1.54, 1.807) is 31.5 Å². The van der Waals surface area contributed by atoms with E-state index in [0.717, 1.165) is 64.4 Å². The SMILES string of the molecule is COc1ccccc1-c1nccc(COc2ccc(CC[C@@H](CN3CCN(C)CC3)Oc3ccc(-c4c(-c5ccc(F)cc5)sc5nc[nH]c(=O)c45)c(C)c3Cl)cc2CCC(=O)O)n1. The number of benzene rings is 4. The lowest BCUT2D eigenvalue weighted by Gasteiger charge is -2.35. The zero-order valence-electron chi connectivity index (χ0n) is 35.8. The van der Waals surface area contributed by atoms with Gasteiger partial charge in [0, 0.05) is 55.8 Å². The number of para-hydroxylation sites is 1. The summed E-state index contributed by atoms with van der Waals surface area (Å²) in [5.74, 6) is 1.05. The first-order valence-corrected chi connectivity index (χ1v) is 22.3. The van der Waals surface area contributed by atoms with Crippen LogP contribution >= 0.6 is 22.9 Å². The van der Waals surface area contributed by atoms with Crippen LogP contribution in [0.25, 0.3) is 43.2 Å². The number of rotatable bonds is 17. The molecule has 0 bridgehead atoms. The van der Waals surface area contributed by atoms with E-state index in [0.29, 0.717) is 75.4 Å². The zero-order valence-corrected chi connectivity index (χ0v) is 37.3. The Labute approximate surface area is 379 Å². The molecule has 1 aliphatic rings. The number of thiophene rings is 1. The van der Waals surface area contributed by atoms with Crippen LogP contribution in [-0.4, -0.2) is 93.8 Å². The molecular weight excluding hydrogens is 855 g/mol. The van der Waals surface area contributed by atoms with Crippen molar-refractivity contribution in [3.63, 3.8) is 0 Å². The summed E-state index contributed by atoms with van der Waals surface area (Å²) in [4.78, 5) is 47.4. The summed E-state index contributed by atoms with van der Waals surface area (Å²) in [6.45, 7) is 6.46. The van der Waals surface area contributed by atoms with Crippen molar-refractivity contribution in [2.75, 3.05) is 46.9 Å². The van der Waals surface area contributed by atoms with Gasteiger partial charge in [-0.3, -0.25) is 14.5 Å². The second-order valence-corrected chi connectivity index (χ2v) is 17.2. The molecule has 0 aliphatic carbocycles. The second-order valence-electron chi connectivity index (χ2n) is 15.9. The van der Waals surface area contributed by atoms with Gasteiger partial charge < -0.3 is 29.2 Å². The molecule has 330 valence electrons. The fourth-order valence-corrected chi connectivity index (χ4v) is 9.37. The summed E-state index contributed by atoms with van der Waals surface area (Å²) >= 11 is 8.58. The van der Waals surface area contributed by atoms with Crippen molar-refractivity contribution in [2.24, 2.45) is 0 Å². The third-order valence-electron chi connectivity index (χ3n) is 11.5. The maximum Gasteiger partial charge on any atom is 0.303 e. The molecule has 1 fully saturated rings. The first-order chi connectivity index (χ1) is 31.0. The molecule has 4 heterocycles. The van der Waals surface area contributed by atoms with Gasteiger partial charge in [-0.1, -0.05) is 54.1 Å². The number of nitrogens with zero attached hydrogens (tertiary/aromatic N) is 5. The number of hydrogen-bond donors (Lipinski definition) is 2. The van der Waals surface area contributed by atoms with E-state index in [1.165, 1.54) is 29.8 Å². The Balaban J connectivity index is 1.04. The van der Waals surface area contributed by atoms with Crippen LogP contribution in [0.4, 0.5) is 4.39 Å². The average Bonchev–Trinajstić information content (AvgIpc) is 3.70. The van der Waals surface area contributed by atoms with Crippen molar-refractivity contribution in [2.45, 2.75) is 45.3 Å². The minimum atomic E-state index is -0.894. The number of piperazine rings is 1. The predicted molar refractivity (Wildman–Crippen MR) is 248 cm³/mol. The summed E-state index contributed by atoms with van der Waals surface area (Å²) in [7, 11) is 3.73. The second kappa shape index (κ2) is 20.1. The summed E-state index contributed by atoms with van der Waals surface area (Å²) in [5.41, 5.74) is 5.90. The lowest BCUT2D eigenvalue weighted by molar-refractivity contribution is -0.136. The Morgan fingerprint density at radius 3 is 2.52 bits per heavy atom. The van der Waals surface area contributed by atoms with Crippen molar-refractivity contribution >= 4 is 39.1 Å². The first kappa shape index (κ1) is 44.4. The number of aromatic nitrogens is 4. The molecule has 0 saturated carbocycles. The van der Waals surface area contributed by atoms with Crippen molar-refractivity contribution in [3.8, 4) is 50.2 Å². The Bertz CT molecular complexity index is 2830. The quantitative estimate of drug-likeness (QED) is 0.0904. The number of likely N-dealkylation sites (N-methyl/N-ethyl adjacent to an activating group) is 1. The normalized spacial score (nSPS) is 13.8. The number of fused-ring (bicyclic) bond motifs is 1. The molecule has 1 saturated heterocycles. The van der Waals surface area contributed by atoms with Crippen molar-refractivity contribution < 1.29 is 28.5 Å². The van der Waals surface area contributed by atoms with E-state index >= 15 is 0 Å². The number of hydrogen-bond acceptors (Lipinski definition) is 11. The van der Waals surface area contributed by atoms with E-state index in [2.05, 4.69) is 31.8 Å². The molecule has 3 aromatic heterocycles. The maximum atomic E-state index is 14.0. The molecule has 2 N–H and O–H groups in total. The Hall–Kier alpha value is -6.19. The number of methoxy groups -OCH3 is 1. The van der Waals surface area contributed by atoms with Crippen LogP contribution in [0.2, 0.25) is 5.02 Å². The number of H-pyrrole nitrogens is 1. The summed E-state index contributed by atoms with van der Waals surface area (Å²) in [6, 6.07) is 25.3. The molecule has 1 aliphatic heterocycles. The van der Waals surface area contributed by atoms with Gasteiger partial charge in [-0.25, -0.2) is 19.3 Å². The zero-order chi connectivity index (χ0) is 44.7. The topological polar surface area (TPSA) is 143 Å². The average molecular weight is 903 g/mol. The fourth-order valence-electron chi connectivity index (χ4n) is 7.99. The molecule has 0 unspecified atom stereocenters. The highest BCUT2D eigenvalue weighted by Crippen LogP contribution is 2.46. The van der Waals surface area contributed by atoms with Crippen molar-refractivity contribution in [3.05, 3.63) is 141 Å². The molecule has 0 amide bonds. The van der Waals surface area contributed by atoms with Crippen molar-refractivity contribution in [1.82, 2.24) is 29.7 Å². The number of carboxylic acid groups (broad SMARTS) is 1. The predicted octanol–water partition coefficient (Wildman–Crippen LogP) is 9.11. The Kier molecular flexibility index (Phi) is 14.0. The molecule has 1 atom stereocenters. The number of aliphatic carboxylic acids is 1. The monoisotopic (exact) mass is 902 g/mol. The molecule has 8 rings (SSSR count). The summed E-state index contributed by atoms with van der Waals surface area (Å²) < 4.78 is 32.6. The Morgan fingerprint density at radius 2 is 1.73 bits per heavy atom. The van der Waals surface area contributed by atoms with Crippen LogP contribution in [-0.2, 0) is 24.2 Å². The summed E-state index contributed by atoms with van der Waals surface area (Å²) in [6.07, 6.45) is 4.37. The van der Waals surface area contributed by atoms with Gasteiger partial charge in [0.15, 0.2) is 5.82 Å². The minimum absolute atomic E-state index is 0.0499. The molecule has 0 spiro atoms. The van der Waals surface area contributed by atoms with Gasteiger partial charge in [0.05, 0.1) is 35.1 Å². The molecular formula is C49H48ClFN6O6S. The van der Waals surface area contributed by atoms with Crippen LogP contribution < -0.4 is 19.8 Å². The molecule has 12 nitrogen and oxygen atoms in total. The number of carbonyl (C=O) groups is 1.